The van der Waals surface area contributed by atoms with Crippen molar-refractivity contribution in [2.75, 3.05) is 0 Å². The molecule has 0 radical (unpaired) electrons. The summed E-state index contributed by atoms with van der Waals surface area (Å²) in [5.41, 5.74) is 5.80. The van der Waals surface area contributed by atoms with E-state index in [9.17, 15) is 0 Å². The Hall–Kier alpha value is -2.34. The highest BCUT2D eigenvalue weighted by molar-refractivity contribution is 5.99. The minimum Gasteiger partial charge on any atom is -0.0723 e. The fourth-order valence-corrected chi connectivity index (χ4v) is 3.82. The van der Waals surface area contributed by atoms with Crippen LogP contribution >= 0.6 is 0 Å². The molecule has 1 fully saturated rings. The van der Waals surface area contributed by atoms with E-state index in [-0.39, 0.29) is 0 Å². The molecule has 0 spiro atoms. The fourth-order valence-electron chi connectivity index (χ4n) is 3.82. The number of hydrogen-bond acceptors (Lipinski definition) is 0. The molecule has 0 amide bonds. The van der Waals surface area contributed by atoms with Crippen LogP contribution in [0.3, 0.4) is 0 Å². The summed E-state index contributed by atoms with van der Waals surface area (Å²) < 4.78 is 0. The first-order chi connectivity index (χ1) is 12.4. The molecule has 0 nitrogen and oxygen atoms in total. The Kier molecular flexibility index (Phi) is 5.38. The van der Waals surface area contributed by atoms with Crippen LogP contribution in [-0.2, 0) is 0 Å². The Balaban J connectivity index is 0.000000428. The quantitative estimate of drug-likeness (QED) is 0.435. The first kappa shape index (κ1) is 17.5. The monoisotopic (exact) mass is 328 g/mol. The Morgan fingerprint density at radius 1 is 0.680 bits per heavy atom. The first-order valence-corrected chi connectivity index (χ1v) is 9.71. The van der Waals surface area contributed by atoms with Gasteiger partial charge in [-0.3, -0.25) is 0 Å². The Morgan fingerprint density at radius 3 is 2.16 bits per heavy atom. The average Bonchev–Trinajstić information content (AvgIpc) is 3.50. The molecule has 0 bridgehead atoms. The summed E-state index contributed by atoms with van der Waals surface area (Å²) in [6.45, 7) is 8.00. The van der Waals surface area contributed by atoms with E-state index in [1.165, 1.54) is 33.9 Å². The zero-order chi connectivity index (χ0) is 17.8. The van der Waals surface area contributed by atoms with Gasteiger partial charge in [0, 0.05) is 0 Å². The number of allylic oxidation sites excluding steroid dienone is 1. The molecule has 1 saturated carbocycles. The van der Waals surface area contributed by atoms with Crippen molar-refractivity contribution in [1.82, 2.24) is 0 Å². The molecule has 0 N–H and O–H groups in total. The van der Waals surface area contributed by atoms with Gasteiger partial charge in [0.1, 0.15) is 0 Å². The molecule has 2 aliphatic carbocycles. The first-order valence-electron chi connectivity index (χ1n) is 9.71. The standard InChI is InChI=1S/C21H16.2C2H6/c1-2-8-16-14(6-1)7-5-11-17(16)21-13-15-12-20(15)18-9-3-4-10-19(18)21;2*1-2/h1-11,13,15,20H,12H2;2*1-2H3. The number of hydrogen-bond donors (Lipinski definition) is 0. The molecule has 2 aliphatic rings. The van der Waals surface area contributed by atoms with E-state index in [4.69, 9.17) is 0 Å². The Morgan fingerprint density at radius 2 is 1.32 bits per heavy atom. The normalized spacial score (nSPS) is 19.3. The van der Waals surface area contributed by atoms with Gasteiger partial charge in [-0.2, -0.15) is 0 Å². The molecule has 128 valence electrons. The summed E-state index contributed by atoms with van der Waals surface area (Å²) in [4.78, 5) is 0. The maximum absolute atomic E-state index is 2.51. The maximum atomic E-state index is 2.51. The molecule has 0 heteroatoms. The molecular weight excluding hydrogens is 300 g/mol. The van der Waals surface area contributed by atoms with Gasteiger partial charge < -0.3 is 0 Å². The van der Waals surface area contributed by atoms with Crippen LogP contribution in [0.4, 0.5) is 0 Å². The third-order valence-electron chi connectivity index (χ3n) is 4.95. The minimum absolute atomic E-state index is 0.758. The third kappa shape index (κ3) is 3.14. The summed E-state index contributed by atoms with van der Waals surface area (Å²) >= 11 is 0. The molecule has 0 aliphatic heterocycles. The number of rotatable bonds is 1. The molecular formula is C25H28. The highest BCUT2D eigenvalue weighted by Gasteiger charge is 2.41. The summed E-state index contributed by atoms with van der Waals surface area (Å²) in [5.74, 6) is 1.54. The van der Waals surface area contributed by atoms with E-state index in [2.05, 4.69) is 72.8 Å². The lowest BCUT2D eigenvalue weighted by Gasteiger charge is -2.19. The topological polar surface area (TPSA) is 0 Å². The van der Waals surface area contributed by atoms with Crippen molar-refractivity contribution in [1.29, 1.82) is 0 Å². The lowest BCUT2D eigenvalue weighted by molar-refractivity contribution is 0.988. The van der Waals surface area contributed by atoms with E-state index in [0.29, 0.717) is 0 Å². The second-order valence-corrected chi connectivity index (χ2v) is 6.20. The zero-order valence-electron chi connectivity index (χ0n) is 15.8. The van der Waals surface area contributed by atoms with Crippen LogP contribution in [0.25, 0.3) is 16.3 Å². The van der Waals surface area contributed by atoms with E-state index >= 15 is 0 Å². The maximum Gasteiger partial charge on any atom is -0.00865 e. The Bertz CT molecular complexity index is 880. The predicted octanol–water partition coefficient (Wildman–Crippen LogP) is 7.44. The highest BCUT2D eigenvalue weighted by Crippen LogP contribution is 2.55. The van der Waals surface area contributed by atoms with Crippen LogP contribution in [0.15, 0.2) is 72.8 Å². The SMILES string of the molecule is C1=C(c2cccc3ccccc23)c2ccccc2C2CC12.CC.CC. The summed E-state index contributed by atoms with van der Waals surface area (Å²) in [5, 5.41) is 2.69. The molecule has 3 aromatic rings. The van der Waals surface area contributed by atoms with E-state index < -0.39 is 0 Å². The van der Waals surface area contributed by atoms with Gasteiger partial charge in [-0.05, 0) is 51.3 Å². The number of benzene rings is 3. The minimum atomic E-state index is 0.758. The summed E-state index contributed by atoms with van der Waals surface area (Å²) in [7, 11) is 0. The molecule has 25 heavy (non-hydrogen) atoms. The van der Waals surface area contributed by atoms with Gasteiger partial charge in [-0.25, -0.2) is 0 Å². The molecule has 2 atom stereocenters. The average molecular weight is 328 g/mol. The molecule has 5 rings (SSSR count). The van der Waals surface area contributed by atoms with Gasteiger partial charge in [0.2, 0.25) is 0 Å². The van der Waals surface area contributed by atoms with Crippen molar-refractivity contribution in [2.45, 2.75) is 40.0 Å². The molecule has 0 heterocycles. The van der Waals surface area contributed by atoms with Crippen molar-refractivity contribution in [3.05, 3.63) is 89.5 Å². The molecule has 0 saturated heterocycles. The van der Waals surface area contributed by atoms with Crippen molar-refractivity contribution in [3.8, 4) is 0 Å². The Labute approximate surface area is 152 Å². The summed E-state index contributed by atoms with van der Waals surface area (Å²) in [6, 6.07) is 24.3. The van der Waals surface area contributed by atoms with Crippen molar-refractivity contribution < 1.29 is 0 Å². The van der Waals surface area contributed by atoms with Crippen LogP contribution in [0.1, 0.15) is 56.7 Å². The predicted molar refractivity (Wildman–Crippen MR) is 111 cm³/mol. The van der Waals surface area contributed by atoms with Crippen LogP contribution in [0, 0.1) is 5.92 Å². The van der Waals surface area contributed by atoms with E-state index in [0.717, 1.165) is 11.8 Å². The summed E-state index contributed by atoms with van der Waals surface area (Å²) in [6.07, 6.45) is 3.83. The van der Waals surface area contributed by atoms with E-state index in [1.807, 2.05) is 27.7 Å². The zero-order valence-corrected chi connectivity index (χ0v) is 15.8. The van der Waals surface area contributed by atoms with Gasteiger partial charge in [0.25, 0.3) is 0 Å². The van der Waals surface area contributed by atoms with Gasteiger partial charge in [-0.15, -0.1) is 0 Å². The van der Waals surface area contributed by atoms with Crippen LogP contribution in [0.5, 0.6) is 0 Å². The lowest BCUT2D eigenvalue weighted by Crippen LogP contribution is -2.00. The second-order valence-electron chi connectivity index (χ2n) is 6.20. The van der Waals surface area contributed by atoms with Crippen LogP contribution in [-0.4, -0.2) is 0 Å². The fraction of sp³-hybridized carbons (Fsp3) is 0.280. The van der Waals surface area contributed by atoms with Crippen molar-refractivity contribution >= 4 is 16.3 Å². The van der Waals surface area contributed by atoms with Gasteiger partial charge in [0.05, 0.1) is 0 Å². The number of fused-ring (bicyclic) bond motifs is 4. The lowest BCUT2D eigenvalue weighted by atomic mass is 9.85. The van der Waals surface area contributed by atoms with E-state index in [1.54, 1.807) is 5.56 Å². The van der Waals surface area contributed by atoms with Crippen molar-refractivity contribution in [3.63, 3.8) is 0 Å². The highest BCUT2D eigenvalue weighted by atomic mass is 14.4. The largest absolute Gasteiger partial charge is 0.0723 e. The van der Waals surface area contributed by atoms with Crippen molar-refractivity contribution in [2.24, 2.45) is 5.92 Å². The van der Waals surface area contributed by atoms with Gasteiger partial charge >= 0.3 is 0 Å². The van der Waals surface area contributed by atoms with Crippen LogP contribution < -0.4 is 0 Å². The molecule has 0 aromatic heterocycles. The third-order valence-corrected chi connectivity index (χ3v) is 4.95. The van der Waals surface area contributed by atoms with Crippen LogP contribution in [0.2, 0.25) is 0 Å². The second kappa shape index (κ2) is 7.70. The molecule has 2 unspecified atom stereocenters. The van der Waals surface area contributed by atoms with Gasteiger partial charge in [-0.1, -0.05) is 101 Å². The van der Waals surface area contributed by atoms with Gasteiger partial charge in [0.15, 0.2) is 0 Å². The molecule has 3 aromatic carbocycles. The smallest absolute Gasteiger partial charge is 0.00865 e.